The van der Waals surface area contributed by atoms with Crippen molar-refractivity contribution in [2.75, 3.05) is 36.5 Å². The van der Waals surface area contributed by atoms with Crippen LogP contribution in [0.3, 0.4) is 0 Å². The second-order valence-corrected chi connectivity index (χ2v) is 4.41. The molecule has 1 aromatic carbocycles. The third kappa shape index (κ3) is 2.38. The van der Waals surface area contributed by atoms with E-state index < -0.39 is 5.97 Å². The third-order valence-corrected chi connectivity index (χ3v) is 3.10. The maximum atomic E-state index is 10.9. The minimum Gasteiger partial charge on any atom is -0.480 e. The normalized spacial score (nSPS) is 14.7. The van der Waals surface area contributed by atoms with E-state index in [1.165, 1.54) is 0 Å². The summed E-state index contributed by atoms with van der Waals surface area (Å²) >= 11 is 0. The van der Waals surface area contributed by atoms with Crippen LogP contribution in [-0.4, -0.2) is 37.8 Å². The predicted octanol–water partition coefficient (Wildman–Crippen LogP) is 1.29. The summed E-state index contributed by atoms with van der Waals surface area (Å²) in [6, 6.07) is 7.49. The van der Waals surface area contributed by atoms with E-state index in [-0.39, 0.29) is 6.54 Å². The highest BCUT2D eigenvalue weighted by Crippen LogP contribution is 2.32. The highest BCUT2D eigenvalue weighted by Gasteiger charge is 2.20. The number of carboxylic acid groups (broad SMARTS) is 1. The number of carbonyl (C=O) groups is 1. The SMILES string of the molecule is CN1CCCN(CC(=O)O)c2ccc(C#N)cc21. The van der Waals surface area contributed by atoms with Gasteiger partial charge in [-0.1, -0.05) is 0 Å². The van der Waals surface area contributed by atoms with Crippen LogP contribution in [0, 0.1) is 11.3 Å². The molecule has 1 aromatic rings. The molecule has 1 heterocycles. The summed E-state index contributed by atoms with van der Waals surface area (Å²) in [4.78, 5) is 14.8. The highest BCUT2D eigenvalue weighted by molar-refractivity contribution is 5.79. The summed E-state index contributed by atoms with van der Waals surface area (Å²) in [7, 11) is 1.96. The Morgan fingerprint density at radius 1 is 1.44 bits per heavy atom. The van der Waals surface area contributed by atoms with Crippen LogP contribution >= 0.6 is 0 Å². The lowest BCUT2D eigenvalue weighted by Crippen LogP contribution is -2.30. The number of benzene rings is 1. The molecule has 5 nitrogen and oxygen atoms in total. The molecule has 94 valence electrons. The molecule has 1 N–H and O–H groups in total. The highest BCUT2D eigenvalue weighted by atomic mass is 16.4. The maximum absolute atomic E-state index is 10.9. The molecule has 1 aliphatic rings. The Morgan fingerprint density at radius 3 is 2.89 bits per heavy atom. The summed E-state index contributed by atoms with van der Waals surface area (Å²) in [6.45, 7) is 1.57. The van der Waals surface area contributed by atoms with Crippen LogP contribution in [-0.2, 0) is 4.79 Å². The lowest BCUT2D eigenvalue weighted by atomic mass is 10.1. The van der Waals surface area contributed by atoms with Crippen molar-refractivity contribution in [2.24, 2.45) is 0 Å². The van der Waals surface area contributed by atoms with Gasteiger partial charge in [0, 0.05) is 20.1 Å². The molecule has 2 rings (SSSR count). The Morgan fingerprint density at radius 2 is 2.22 bits per heavy atom. The number of rotatable bonds is 2. The molecule has 0 atom stereocenters. The van der Waals surface area contributed by atoms with E-state index in [0.717, 1.165) is 30.9 Å². The Labute approximate surface area is 106 Å². The molecule has 0 fully saturated rings. The van der Waals surface area contributed by atoms with Crippen molar-refractivity contribution in [2.45, 2.75) is 6.42 Å². The second-order valence-electron chi connectivity index (χ2n) is 4.41. The number of fused-ring (bicyclic) bond motifs is 1. The van der Waals surface area contributed by atoms with Crippen LogP contribution in [0.5, 0.6) is 0 Å². The lowest BCUT2D eigenvalue weighted by Gasteiger charge is -2.24. The first-order chi connectivity index (χ1) is 8.61. The van der Waals surface area contributed by atoms with Gasteiger partial charge in [-0.2, -0.15) is 5.26 Å². The van der Waals surface area contributed by atoms with Gasteiger partial charge in [-0.05, 0) is 24.6 Å². The van der Waals surface area contributed by atoms with Crippen molar-refractivity contribution < 1.29 is 9.90 Å². The molecule has 0 unspecified atom stereocenters. The van der Waals surface area contributed by atoms with E-state index in [9.17, 15) is 4.79 Å². The summed E-state index contributed by atoms with van der Waals surface area (Å²) < 4.78 is 0. The van der Waals surface area contributed by atoms with Crippen LogP contribution in [0.1, 0.15) is 12.0 Å². The summed E-state index contributed by atoms with van der Waals surface area (Å²) in [5.74, 6) is -0.838. The number of hydrogen-bond acceptors (Lipinski definition) is 4. The Balaban J connectivity index is 2.43. The molecule has 1 aliphatic heterocycles. The lowest BCUT2D eigenvalue weighted by molar-refractivity contribution is -0.135. The van der Waals surface area contributed by atoms with Gasteiger partial charge in [0.1, 0.15) is 6.54 Å². The Hall–Kier alpha value is -2.22. The van der Waals surface area contributed by atoms with Gasteiger partial charge >= 0.3 is 5.97 Å². The predicted molar refractivity (Wildman–Crippen MR) is 68.9 cm³/mol. The molecular formula is C13H15N3O2. The number of aliphatic carboxylic acids is 1. The zero-order valence-electron chi connectivity index (χ0n) is 10.3. The van der Waals surface area contributed by atoms with E-state index in [1.807, 2.05) is 24.1 Å². The Kier molecular flexibility index (Phi) is 3.38. The molecule has 0 amide bonds. The average molecular weight is 245 g/mol. The van der Waals surface area contributed by atoms with Crippen molar-refractivity contribution in [3.05, 3.63) is 23.8 Å². The number of nitriles is 1. The molecule has 0 spiro atoms. The van der Waals surface area contributed by atoms with Gasteiger partial charge in [0.25, 0.3) is 0 Å². The summed E-state index contributed by atoms with van der Waals surface area (Å²) in [5.41, 5.74) is 2.40. The number of nitrogens with zero attached hydrogens (tertiary/aromatic N) is 3. The average Bonchev–Trinajstić information content (AvgIpc) is 2.49. The fourth-order valence-corrected chi connectivity index (χ4v) is 2.23. The van der Waals surface area contributed by atoms with Crippen LogP contribution in [0.2, 0.25) is 0 Å². The fourth-order valence-electron chi connectivity index (χ4n) is 2.23. The van der Waals surface area contributed by atoms with Gasteiger partial charge in [0.2, 0.25) is 0 Å². The molecule has 0 radical (unpaired) electrons. The van der Waals surface area contributed by atoms with Gasteiger partial charge in [-0.3, -0.25) is 4.79 Å². The monoisotopic (exact) mass is 245 g/mol. The van der Waals surface area contributed by atoms with Gasteiger partial charge in [0.15, 0.2) is 0 Å². The first-order valence-electron chi connectivity index (χ1n) is 5.84. The van der Waals surface area contributed by atoms with Gasteiger partial charge < -0.3 is 14.9 Å². The number of hydrogen-bond donors (Lipinski definition) is 1. The quantitative estimate of drug-likeness (QED) is 0.850. The largest absolute Gasteiger partial charge is 0.480 e. The van der Waals surface area contributed by atoms with Crippen molar-refractivity contribution in [3.63, 3.8) is 0 Å². The van der Waals surface area contributed by atoms with Gasteiger partial charge in [-0.15, -0.1) is 0 Å². The van der Waals surface area contributed by atoms with E-state index >= 15 is 0 Å². The minimum atomic E-state index is -0.838. The van der Waals surface area contributed by atoms with E-state index in [4.69, 9.17) is 10.4 Å². The maximum Gasteiger partial charge on any atom is 0.323 e. The Bertz CT molecular complexity index is 507. The molecule has 0 bridgehead atoms. The molecule has 0 saturated heterocycles. The summed E-state index contributed by atoms with van der Waals surface area (Å²) in [6.07, 6.45) is 0.903. The molecule has 0 aliphatic carbocycles. The zero-order valence-corrected chi connectivity index (χ0v) is 10.3. The van der Waals surface area contributed by atoms with E-state index in [1.54, 1.807) is 6.07 Å². The van der Waals surface area contributed by atoms with Crippen LogP contribution in [0.25, 0.3) is 0 Å². The second kappa shape index (κ2) is 4.96. The summed E-state index contributed by atoms with van der Waals surface area (Å²) in [5, 5.41) is 17.9. The van der Waals surface area contributed by atoms with Crippen molar-refractivity contribution in [3.8, 4) is 6.07 Å². The van der Waals surface area contributed by atoms with Crippen LogP contribution in [0.15, 0.2) is 18.2 Å². The number of carboxylic acids is 1. The van der Waals surface area contributed by atoms with Gasteiger partial charge in [0.05, 0.1) is 23.0 Å². The first-order valence-corrected chi connectivity index (χ1v) is 5.84. The molecule has 0 aromatic heterocycles. The molecule has 18 heavy (non-hydrogen) atoms. The van der Waals surface area contributed by atoms with E-state index in [0.29, 0.717) is 5.56 Å². The minimum absolute atomic E-state index is 0.00720. The standard InChI is InChI=1S/C13H15N3O2/c1-15-5-2-6-16(9-13(17)18)11-4-3-10(8-14)7-12(11)15/h3-4,7H,2,5-6,9H2,1H3,(H,17,18). The molecule has 0 saturated carbocycles. The van der Waals surface area contributed by atoms with Crippen LogP contribution in [0.4, 0.5) is 11.4 Å². The van der Waals surface area contributed by atoms with Crippen molar-refractivity contribution >= 4 is 17.3 Å². The van der Waals surface area contributed by atoms with Crippen molar-refractivity contribution in [1.29, 1.82) is 5.26 Å². The first kappa shape index (κ1) is 12.2. The zero-order chi connectivity index (χ0) is 13.1. The fraction of sp³-hybridized carbons (Fsp3) is 0.385. The van der Waals surface area contributed by atoms with Gasteiger partial charge in [-0.25, -0.2) is 0 Å². The molecular weight excluding hydrogens is 230 g/mol. The molecule has 5 heteroatoms. The van der Waals surface area contributed by atoms with E-state index in [2.05, 4.69) is 11.0 Å². The van der Waals surface area contributed by atoms with Crippen LogP contribution < -0.4 is 9.80 Å². The topological polar surface area (TPSA) is 67.6 Å². The third-order valence-electron chi connectivity index (χ3n) is 3.10. The number of anilines is 2. The van der Waals surface area contributed by atoms with Crippen molar-refractivity contribution in [1.82, 2.24) is 0 Å². The smallest absolute Gasteiger partial charge is 0.323 e.